The van der Waals surface area contributed by atoms with Crippen molar-refractivity contribution in [3.05, 3.63) is 28.7 Å². The maximum Gasteiger partial charge on any atom is 0.319 e. The Bertz CT molecular complexity index is 463. The van der Waals surface area contributed by atoms with Crippen molar-refractivity contribution in [3.63, 3.8) is 0 Å². The van der Waals surface area contributed by atoms with Crippen LogP contribution in [0.4, 0.5) is 10.5 Å². The first kappa shape index (κ1) is 15.5. The molecule has 0 aromatic heterocycles. The van der Waals surface area contributed by atoms with Crippen molar-refractivity contribution >= 4 is 33.6 Å². The van der Waals surface area contributed by atoms with E-state index in [9.17, 15) is 14.7 Å². The highest BCUT2D eigenvalue weighted by molar-refractivity contribution is 9.10. The minimum absolute atomic E-state index is 0.147. The highest BCUT2D eigenvalue weighted by Gasteiger charge is 2.15. The molecule has 1 atom stereocenters. The lowest BCUT2D eigenvalue weighted by molar-refractivity contribution is -0.308. The zero-order valence-corrected chi connectivity index (χ0v) is 12.4. The summed E-state index contributed by atoms with van der Waals surface area (Å²) in [6.45, 7) is 3.76. The lowest BCUT2D eigenvalue weighted by Gasteiger charge is -2.21. The van der Waals surface area contributed by atoms with Gasteiger partial charge in [-0.25, -0.2) is 4.79 Å². The molecule has 0 aliphatic rings. The van der Waals surface area contributed by atoms with E-state index in [-0.39, 0.29) is 5.92 Å². The highest BCUT2D eigenvalue weighted by atomic mass is 79.9. The van der Waals surface area contributed by atoms with Gasteiger partial charge < -0.3 is 20.5 Å². The van der Waals surface area contributed by atoms with Crippen LogP contribution in [-0.2, 0) is 4.79 Å². The number of carbonyl (C=O) groups is 2. The average molecular weight is 328 g/mol. The van der Waals surface area contributed by atoms with E-state index in [1.54, 1.807) is 18.2 Å². The summed E-state index contributed by atoms with van der Waals surface area (Å²) in [4.78, 5) is 22.6. The maximum absolute atomic E-state index is 11.7. The Morgan fingerprint density at radius 1 is 1.37 bits per heavy atom. The molecule has 0 saturated carbocycles. The van der Waals surface area contributed by atoms with Crippen LogP contribution in [0.1, 0.15) is 20.3 Å². The molecule has 0 radical (unpaired) electrons. The van der Waals surface area contributed by atoms with Crippen molar-refractivity contribution in [2.24, 2.45) is 5.92 Å². The SMILES string of the molecule is CC(C)C[C@@H](NC(=O)Nc1cccc(Br)c1)C(=O)[O-]. The number of carboxylic acid groups (broad SMARTS) is 1. The number of anilines is 1. The molecule has 2 N–H and O–H groups in total. The number of carbonyl (C=O) groups excluding carboxylic acids is 2. The van der Waals surface area contributed by atoms with Gasteiger partial charge in [0.15, 0.2) is 0 Å². The molecule has 6 heteroatoms. The summed E-state index contributed by atoms with van der Waals surface area (Å²) in [7, 11) is 0. The Morgan fingerprint density at radius 2 is 2.05 bits per heavy atom. The summed E-state index contributed by atoms with van der Waals surface area (Å²) in [5, 5.41) is 15.9. The Kier molecular flexibility index (Phi) is 5.82. The van der Waals surface area contributed by atoms with Crippen molar-refractivity contribution < 1.29 is 14.7 Å². The van der Waals surface area contributed by atoms with Crippen molar-refractivity contribution in [2.75, 3.05) is 5.32 Å². The summed E-state index contributed by atoms with van der Waals surface area (Å²) >= 11 is 3.28. The standard InChI is InChI=1S/C13H17BrN2O3/c1-8(2)6-11(12(17)18)16-13(19)15-10-5-3-4-9(14)7-10/h3-5,7-8,11H,6H2,1-2H3,(H,17,18)(H2,15,16,19)/p-1/t11-/m1/s1. The van der Waals surface area contributed by atoms with Crippen molar-refractivity contribution in [2.45, 2.75) is 26.3 Å². The van der Waals surface area contributed by atoms with Gasteiger partial charge in [0.1, 0.15) is 0 Å². The van der Waals surface area contributed by atoms with Crippen LogP contribution in [0.15, 0.2) is 28.7 Å². The molecule has 104 valence electrons. The van der Waals surface area contributed by atoms with E-state index < -0.39 is 18.0 Å². The number of benzene rings is 1. The lowest BCUT2D eigenvalue weighted by atomic mass is 10.0. The van der Waals surface area contributed by atoms with E-state index in [0.29, 0.717) is 12.1 Å². The van der Waals surface area contributed by atoms with Gasteiger partial charge in [-0.1, -0.05) is 35.8 Å². The summed E-state index contributed by atoms with van der Waals surface area (Å²) in [6.07, 6.45) is 0.328. The Balaban J connectivity index is 2.60. The van der Waals surface area contributed by atoms with Gasteiger partial charge in [-0.15, -0.1) is 0 Å². The van der Waals surface area contributed by atoms with Crippen molar-refractivity contribution in [1.29, 1.82) is 0 Å². The number of hydrogen-bond donors (Lipinski definition) is 2. The van der Waals surface area contributed by atoms with Crippen LogP contribution >= 0.6 is 15.9 Å². The molecule has 0 aliphatic heterocycles. The molecule has 0 fully saturated rings. The molecule has 2 amide bonds. The molecule has 5 nitrogen and oxygen atoms in total. The van der Waals surface area contributed by atoms with E-state index >= 15 is 0 Å². The van der Waals surface area contributed by atoms with Crippen LogP contribution in [-0.4, -0.2) is 18.0 Å². The number of carboxylic acids is 1. The quantitative estimate of drug-likeness (QED) is 0.864. The predicted molar refractivity (Wildman–Crippen MR) is 74.5 cm³/mol. The van der Waals surface area contributed by atoms with Crippen LogP contribution in [0, 0.1) is 5.92 Å². The first-order valence-corrected chi connectivity index (χ1v) is 6.71. The number of rotatable bonds is 5. The van der Waals surface area contributed by atoms with Gasteiger partial charge in [-0.3, -0.25) is 0 Å². The van der Waals surface area contributed by atoms with E-state index in [1.165, 1.54) is 0 Å². The minimum atomic E-state index is -1.28. The van der Waals surface area contributed by atoms with Crippen LogP contribution in [0.25, 0.3) is 0 Å². The average Bonchev–Trinajstić information content (AvgIpc) is 2.27. The zero-order valence-electron chi connectivity index (χ0n) is 10.8. The van der Waals surface area contributed by atoms with Gasteiger partial charge in [0.25, 0.3) is 0 Å². The largest absolute Gasteiger partial charge is 0.548 e. The Morgan fingerprint density at radius 3 is 2.58 bits per heavy atom. The molecule has 1 aromatic carbocycles. The van der Waals surface area contributed by atoms with Gasteiger partial charge in [0, 0.05) is 10.2 Å². The van der Waals surface area contributed by atoms with Gasteiger partial charge in [0.05, 0.1) is 12.0 Å². The third-order valence-corrected chi connectivity index (χ3v) is 2.87. The molecule has 0 aliphatic carbocycles. The van der Waals surface area contributed by atoms with Gasteiger partial charge in [0.2, 0.25) is 0 Å². The zero-order chi connectivity index (χ0) is 14.4. The van der Waals surface area contributed by atoms with Crippen molar-refractivity contribution in [3.8, 4) is 0 Å². The normalized spacial score (nSPS) is 12.0. The number of aliphatic carboxylic acids is 1. The second kappa shape index (κ2) is 7.13. The molecule has 1 rings (SSSR count). The van der Waals surface area contributed by atoms with E-state index in [2.05, 4.69) is 26.6 Å². The fraction of sp³-hybridized carbons (Fsp3) is 0.385. The molecule has 19 heavy (non-hydrogen) atoms. The summed E-state index contributed by atoms with van der Waals surface area (Å²) in [6, 6.07) is 5.47. The molecule has 0 bridgehead atoms. The minimum Gasteiger partial charge on any atom is -0.548 e. The molecular formula is C13H16BrN2O3-. The maximum atomic E-state index is 11.7. The molecule has 1 aromatic rings. The predicted octanol–water partition coefficient (Wildman–Crippen LogP) is 1.74. The molecule has 0 heterocycles. The van der Waals surface area contributed by atoms with Crippen molar-refractivity contribution in [1.82, 2.24) is 5.32 Å². The van der Waals surface area contributed by atoms with E-state index in [1.807, 2.05) is 19.9 Å². The smallest absolute Gasteiger partial charge is 0.319 e. The monoisotopic (exact) mass is 327 g/mol. The number of nitrogens with one attached hydrogen (secondary N) is 2. The van der Waals surface area contributed by atoms with E-state index in [4.69, 9.17) is 0 Å². The topological polar surface area (TPSA) is 81.3 Å². The fourth-order valence-corrected chi connectivity index (χ4v) is 1.98. The van der Waals surface area contributed by atoms with Crippen LogP contribution < -0.4 is 15.7 Å². The first-order valence-electron chi connectivity index (χ1n) is 5.92. The lowest BCUT2D eigenvalue weighted by Crippen LogP contribution is -2.49. The third kappa shape index (κ3) is 5.74. The van der Waals surface area contributed by atoms with Gasteiger partial charge in [-0.2, -0.15) is 0 Å². The van der Waals surface area contributed by atoms with Gasteiger partial charge >= 0.3 is 6.03 Å². The van der Waals surface area contributed by atoms with E-state index in [0.717, 1.165) is 4.47 Å². The number of urea groups is 1. The van der Waals surface area contributed by atoms with Crippen LogP contribution in [0.5, 0.6) is 0 Å². The molecule has 0 spiro atoms. The fourth-order valence-electron chi connectivity index (χ4n) is 1.58. The highest BCUT2D eigenvalue weighted by Crippen LogP contribution is 2.15. The Labute approximate surface area is 120 Å². The second-order valence-corrected chi connectivity index (χ2v) is 5.53. The van der Waals surface area contributed by atoms with Crippen LogP contribution in [0.3, 0.4) is 0 Å². The molecule has 0 saturated heterocycles. The van der Waals surface area contributed by atoms with Gasteiger partial charge in [-0.05, 0) is 30.5 Å². The summed E-state index contributed by atoms with van der Waals surface area (Å²) in [5.74, 6) is -1.13. The number of hydrogen-bond acceptors (Lipinski definition) is 3. The summed E-state index contributed by atoms with van der Waals surface area (Å²) in [5.41, 5.74) is 0.577. The first-order chi connectivity index (χ1) is 8.88. The van der Waals surface area contributed by atoms with Crippen LogP contribution in [0.2, 0.25) is 0 Å². The number of amides is 2. The Hall–Kier alpha value is -1.56. The molecule has 0 unspecified atom stereocenters. The second-order valence-electron chi connectivity index (χ2n) is 4.61. The molecular weight excluding hydrogens is 312 g/mol. The number of halogens is 1. The summed E-state index contributed by atoms with van der Waals surface area (Å²) < 4.78 is 0.823. The third-order valence-electron chi connectivity index (χ3n) is 2.38.